The summed E-state index contributed by atoms with van der Waals surface area (Å²) in [6.45, 7) is 0.706. The molecule has 4 aromatic rings. The summed E-state index contributed by atoms with van der Waals surface area (Å²) in [7, 11) is 0. The Labute approximate surface area is 192 Å². The summed E-state index contributed by atoms with van der Waals surface area (Å²) >= 11 is 0. The monoisotopic (exact) mass is 439 g/mol. The Morgan fingerprint density at radius 2 is 1.85 bits per heavy atom. The molecule has 1 atom stereocenters. The van der Waals surface area contributed by atoms with Crippen molar-refractivity contribution in [1.29, 1.82) is 0 Å². The molecule has 0 radical (unpaired) electrons. The van der Waals surface area contributed by atoms with E-state index in [0.717, 1.165) is 34.0 Å². The number of aromatic amines is 1. The van der Waals surface area contributed by atoms with E-state index in [4.69, 9.17) is 4.74 Å². The number of aromatic nitrogens is 1. The number of benzene rings is 3. The van der Waals surface area contributed by atoms with E-state index in [1.54, 1.807) is 0 Å². The topological polar surface area (TPSA) is 74.4 Å². The lowest BCUT2D eigenvalue weighted by Gasteiger charge is -2.23. The standard InChI is InChI=1S/C27H25N3O3/c31-26(24-13-6-16-30(24)27(32)33-18-19-7-2-1-3-8-19)29-22-11-4-10-21(17-22)23-12-5-9-20-14-15-28-25(20)23/h1-5,7-12,14-15,17,24,28H,6,13,16,18H2,(H,29,31)/t24-/m0/s1. The highest BCUT2D eigenvalue weighted by Gasteiger charge is 2.35. The summed E-state index contributed by atoms with van der Waals surface area (Å²) in [5.41, 5.74) is 4.75. The number of fused-ring (bicyclic) bond motifs is 1. The van der Waals surface area contributed by atoms with Gasteiger partial charge in [0.1, 0.15) is 12.6 Å². The second-order valence-corrected chi connectivity index (χ2v) is 8.21. The zero-order chi connectivity index (χ0) is 22.6. The van der Waals surface area contributed by atoms with E-state index in [2.05, 4.69) is 22.4 Å². The van der Waals surface area contributed by atoms with Gasteiger partial charge in [-0.3, -0.25) is 9.69 Å². The highest BCUT2D eigenvalue weighted by molar-refractivity contribution is 5.99. The highest BCUT2D eigenvalue weighted by atomic mass is 16.6. The van der Waals surface area contributed by atoms with Gasteiger partial charge < -0.3 is 15.0 Å². The van der Waals surface area contributed by atoms with E-state index in [1.807, 2.05) is 72.9 Å². The SMILES string of the molecule is O=C(Nc1cccc(-c2cccc3cc[nH]c23)c1)[C@@H]1CCCN1C(=O)OCc1ccccc1. The van der Waals surface area contributed by atoms with Crippen molar-refractivity contribution in [2.75, 3.05) is 11.9 Å². The Balaban J connectivity index is 1.27. The normalized spacial score (nSPS) is 15.5. The number of hydrogen-bond acceptors (Lipinski definition) is 3. The highest BCUT2D eigenvalue weighted by Crippen LogP contribution is 2.29. The van der Waals surface area contributed by atoms with Crippen LogP contribution in [0.4, 0.5) is 10.5 Å². The number of likely N-dealkylation sites (tertiary alicyclic amines) is 1. The molecule has 0 aliphatic carbocycles. The van der Waals surface area contributed by atoms with Crippen LogP contribution in [0.25, 0.3) is 22.0 Å². The molecule has 3 aromatic carbocycles. The molecule has 6 nitrogen and oxygen atoms in total. The van der Waals surface area contributed by atoms with Gasteiger partial charge in [0.05, 0.1) is 5.52 Å². The van der Waals surface area contributed by atoms with E-state index in [0.29, 0.717) is 18.7 Å². The van der Waals surface area contributed by atoms with Gasteiger partial charge in [0.25, 0.3) is 0 Å². The van der Waals surface area contributed by atoms with Crippen molar-refractivity contribution in [1.82, 2.24) is 9.88 Å². The van der Waals surface area contributed by atoms with Crippen LogP contribution in [-0.2, 0) is 16.1 Å². The number of carbonyl (C=O) groups is 2. The molecule has 1 aliphatic rings. The molecular weight excluding hydrogens is 414 g/mol. The minimum Gasteiger partial charge on any atom is -0.445 e. The fourth-order valence-electron chi connectivity index (χ4n) is 4.38. The van der Waals surface area contributed by atoms with Crippen molar-refractivity contribution in [3.8, 4) is 11.1 Å². The molecule has 5 rings (SSSR count). The number of carbonyl (C=O) groups excluding carboxylic acids is 2. The largest absolute Gasteiger partial charge is 0.445 e. The van der Waals surface area contributed by atoms with Crippen molar-refractivity contribution >= 4 is 28.6 Å². The van der Waals surface area contributed by atoms with Gasteiger partial charge in [-0.2, -0.15) is 0 Å². The number of anilines is 1. The molecule has 0 unspecified atom stereocenters. The molecule has 2 heterocycles. The lowest BCUT2D eigenvalue weighted by Crippen LogP contribution is -2.43. The molecule has 0 bridgehead atoms. The van der Waals surface area contributed by atoms with Gasteiger partial charge in [-0.15, -0.1) is 0 Å². The molecule has 0 spiro atoms. The predicted molar refractivity (Wildman–Crippen MR) is 129 cm³/mol. The lowest BCUT2D eigenvalue weighted by molar-refractivity contribution is -0.120. The molecular formula is C27H25N3O3. The lowest BCUT2D eigenvalue weighted by atomic mass is 10.0. The van der Waals surface area contributed by atoms with E-state index < -0.39 is 12.1 Å². The average molecular weight is 440 g/mol. The number of hydrogen-bond donors (Lipinski definition) is 2. The molecule has 33 heavy (non-hydrogen) atoms. The van der Waals surface area contributed by atoms with Crippen LogP contribution < -0.4 is 5.32 Å². The molecule has 6 heteroatoms. The Morgan fingerprint density at radius 3 is 2.73 bits per heavy atom. The maximum Gasteiger partial charge on any atom is 0.410 e. The zero-order valence-electron chi connectivity index (χ0n) is 18.2. The molecule has 1 aliphatic heterocycles. The minimum atomic E-state index is -0.538. The zero-order valence-corrected chi connectivity index (χ0v) is 18.2. The third-order valence-electron chi connectivity index (χ3n) is 6.02. The van der Waals surface area contributed by atoms with Gasteiger partial charge in [0.15, 0.2) is 0 Å². The summed E-state index contributed by atoms with van der Waals surface area (Å²) in [5, 5.41) is 4.13. The molecule has 2 amide bonds. The van der Waals surface area contributed by atoms with E-state index in [1.165, 1.54) is 4.90 Å². The van der Waals surface area contributed by atoms with Crippen LogP contribution in [0.15, 0.2) is 85.1 Å². The fourth-order valence-corrected chi connectivity index (χ4v) is 4.38. The first kappa shape index (κ1) is 20.8. The van der Waals surface area contributed by atoms with Gasteiger partial charge >= 0.3 is 6.09 Å². The van der Waals surface area contributed by atoms with Gasteiger partial charge in [-0.25, -0.2) is 4.79 Å². The number of amides is 2. The van der Waals surface area contributed by atoms with Crippen LogP contribution in [0.1, 0.15) is 18.4 Å². The second kappa shape index (κ2) is 9.20. The van der Waals surface area contributed by atoms with E-state index in [-0.39, 0.29) is 12.5 Å². The van der Waals surface area contributed by atoms with Crippen LogP contribution in [0, 0.1) is 0 Å². The fraction of sp³-hybridized carbons (Fsp3) is 0.185. The van der Waals surface area contributed by atoms with Gasteiger partial charge in [-0.1, -0.05) is 60.7 Å². The first-order chi connectivity index (χ1) is 16.2. The number of H-pyrrole nitrogens is 1. The summed E-state index contributed by atoms with van der Waals surface area (Å²) < 4.78 is 5.46. The second-order valence-electron chi connectivity index (χ2n) is 8.21. The third-order valence-corrected chi connectivity index (χ3v) is 6.02. The van der Waals surface area contributed by atoms with Crippen molar-refractivity contribution in [3.63, 3.8) is 0 Å². The van der Waals surface area contributed by atoms with Crippen molar-refractivity contribution < 1.29 is 14.3 Å². The Morgan fingerprint density at radius 1 is 1.00 bits per heavy atom. The number of para-hydroxylation sites is 1. The molecule has 2 N–H and O–H groups in total. The maximum atomic E-state index is 13.1. The molecule has 0 saturated carbocycles. The van der Waals surface area contributed by atoms with Gasteiger partial charge in [0.2, 0.25) is 5.91 Å². The van der Waals surface area contributed by atoms with Crippen LogP contribution in [0.2, 0.25) is 0 Å². The van der Waals surface area contributed by atoms with E-state index >= 15 is 0 Å². The Bertz CT molecular complexity index is 1280. The molecule has 1 aromatic heterocycles. The quantitative estimate of drug-likeness (QED) is 0.427. The third kappa shape index (κ3) is 4.46. The van der Waals surface area contributed by atoms with E-state index in [9.17, 15) is 9.59 Å². The predicted octanol–water partition coefficient (Wildman–Crippen LogP) is 5.57. The number of nitrogens with zero attached hydrogens (tertiary/aromatic N) is 1. The van der Waals surface area contributed by atoms with Gasteiger partial charge in [-0.05, 0) is 47.6 Å². The van der Waals surface area contributed by atoms with Crippen LogP contribution in [-0.4, -0.2) is 34.5 Å². The van der Waals surface area contributed by atoms with Crippen LogP contribution >= 0.6 is 0 Å². The summed E-state index contributed by atoms with van der Waals surface area (Å²) in [4.78, 5) is 30.5. The molecule has 1 saturated heterocycles. The van der Waals surface area contributed by atoms with Crippen molar-refractivity contribution in [2.45, 2.75) is 25.5 Å². The average Bonchev–Trinajstić information content (AvgIpc) is 3.53. The number of ether oxygens (including phenoxy) is 1. The smallest absolute Gasteiger partial charge is 0.410 e. The molecule has 166 valence electrons. The Kier molecular flexibility index (Phi) is 5.81. The number of rotatable bonds is 5. The van der Waals surface area contributed by atoms with Crippen molar-refractivity contribution in [2.24, 2.45) is 0 Å². The van der Waals surface area contributed by atoms with Crippen LogP contribution in [0.3, 0.4) is 0 Å². The van der Waals surface area contributed by atoms with Crippen molar-refractivity contribution in [3.05, 3.63) is 90.6 Å². The summed E-state index contributed by atoms with van der Waals surface area (Å²) in [6, 6.07) is 24.9. The maximum absolute atomic E-state index is 13.1. The summed E-state index contributed by atoms with van der Waals surface area (Å²) in [6.07, 6.45) is 2.86. The number of nitrogens with one attached hydrogen (secondary N) is 2. The minimum absolute atomic E-state index is 0.191. The van der Waals surface area contributed by atoms with Gasteiger partial charge in [0, 0.05) is 24.0 Å². The Hall–Kier alpha value is -4.06. The molecule has 1 fully saturated rings. The summed E-state index contributed by atoms with van der Waals surface area (Å²) in [5.74, 6) is -0.195. The first-order valence-electron chi connectivity index (χ1n) is 11.1. The first-order valence-corrected chi connectivity index (χ1v) is 11.1. The van der Waals surface area contributed by atoms with Crippen LogP contribution in [0.5, 0.6) is 0 Å².